The zero-order valence-electron chi connectivity index (χ0n) is 20.0. The third kappa shape index (κ3) is 3.97. The first-order chi connectivity index (χ1) is 15.3. The van der Waals surface area contributed by atoms with Crippen LogP contribution in [0.5, 0.6) is 0 Å². The third-order valence-corrected chi connectivity index (χ3v) is 9.92. The minimum Gasteiger partial charge on any atom is -0.349 e. The van der Waals surface area contributed by atoms with E-state index < -0.39 is 23.8 Å². The molecule has 1 aliphatic heterocycles. The predicted octanol–water partition coefficient (Wildman–Crippen LogP) is 5.26. The van der Waals surface area contributed by atoms with E-state index in [0.29, 0.717) is 24.2 Å². The maximum Gasteiger partial charge on any atom is 0.450 e. The number of Topliss-reactive ketones (excluding diaryl/α,β-unsaturated/α-hetero) is 2. The SMILES string of the molecule is CC(C)C(CC(=O)[C@H]1CC[C@H]2[C@@H]3CCC4NC(=O)C=C[C@]4(C)[C@H]3CC[C@]12C)C(=O)C(F)(F)F. The number of amides is 1. The van der Waals surface area contributed by atoms with Gasteiger partial charge in [0.05, 0.1) is 0 Å². The molecule has 3 saturated carbocycles. The first-order valence-electron chi connectivity index (χ1n) is 12.4. The number of carbonyl (C=O) groups is 3. The summed E-state index contributed by atoms with van der Waals surface area (Å²) >= 11 is 0. The molecule has 0 aromatic rings. The standard InChI is InChI=1S/C26H36F3NO3/c1-14(2)16(23(33)26(27,28)29)13-20(31)19-7-6-17-15-5-8-21-25(4,12-10-22(32)30-21)18(15)9-11-24(17,19)3/h10,12,14-19,21H,5-9,11,13H2,1-4H3,(H,30,32)/t15-,16?,17-,18-,19+,21?,24-,25+/m0/s1. The highest BCUT2D eigenvalue weighted by Gasteiger charge is 2.61. The van der Waals surface area contributed by atoms with Gasteiger partial charge in [0.1, 0.15) is 5.78 Å². The number of halogens is 3. The summed E-state index contributed by atoms with van der Waals surface area (Å²) < 4.78 is 39.4. The van der Waals surface area contributed by atoms with Crippen LogP contribution >= 0.6 is 0 Å². The van der Waals surface area contributed by atoms with Crippen LogP contribution in [-0.2, 0) is 14.4 Å². The first kappa shape index (κ1) is 24.5. The van der Waals surface area contributed by atoms with Crippen molar-refractivity contribution in [2.45, 2.75) is 84.9 Å². The Morgan fingerprint density at radius 3 is 2.42 bits per heavy atom. The number of rotatable bonds is 5. The molecule has 184 valence electrons. The average Bonchev–Trinajstić information content (AvgIpc) is 3.08. The lowest BCUT2D eigenvalue weighted by Crippen LogP contribution is -2.59. The Kier molecular flexibility index (Phi) is 6.10. The Morgan fingerprint density at radius 2 is 1.79 bits per heavy atom. The van der Waals surface area contributed by atoms with Crippen LogP contribution in [0.2, 0.25) is 0 Å². The van der Waals surface area contributed by atoms with Gasteiger partial charge >= 0.3 is 6.18 Å². The smallest absolute Gasteiger partial charge is 0.349 e. The maximum atomic E-state index is 13.4. The van der Waals surface area contributed by atoms with E-state index in [4.69, 9.17) is 0 Å². The van der Waals surface area contributed by atoms with Crippen LogP contribution in [0.3, 0.4) is 0 Å². The summed E-state index contributed by atoms with van der Waals surface area (Å²) in [5, 5.41) is 3.14. The molecular formula is C26H36F3NO3. The van der Waals surface area contributed by atoms with Crippen LogP contribution in [0.1, 0.15) is 72.6 Å². The highest BCUT2D eigenvalue weighted by molar-refractivity contribution is 5.92. The second kappa shape index (κ2) is 8.23. The summed E-state index contributed by atoms with van der Waals surface area (Å²) in [6.45, 7) is 7.57. The van der Waals surface area contributed by atoms with Crippen molar-refractivity contribution in [1.29, 1.82) is 0 Å². The number of nitrogens with one attached hydrogen (secondary N) is 1. The topological polar surface area (TPSA) is 63.2 Å². The molecule has 4 aliphatic rings. The second-order valence-corrected chi connectivity index (χ2v) is 11.8. The van der Waals surface area contributed by atoms with E-state index in [0.717, 1.165) is 32.1 Å². The molecule has 0 spiro atoms. The zero-order valence-corrected chi connectivity index (χ0v) is 20.0. The zero-order chi connectivity index (χ0) is 24.3. The molecule has 1 heterocycles. The monoisotopic (exact) mass is 467 g/mol. The van der Waals surface area contributed by atoms with E-state index in [-0.39, 0.29) is 40.9 Å². The molecule has 0 aromatic heterocycles. The number of hydrogen-bond acceptors (Lipinski definition) is 3. The summed E-state index contributed by atoms with van der Waals surface area (Å²) in [5.74, 6) is -2.87. The van der Waals surface area contributed by atoms with Crippen molar-refractivity contribution < 1.29 is 27.6 Å². The quantitative estimate of drug-likeness (QED) is 0.600. The fraction of sp³-hybridized carbons (Fsp3) is 0.808. The van der Waals surface area contributed by atoms with Crippen molar-refractivity contribution in [1.82, 2.24) is 5.32 Å². The van der Waals surface area contributed by atoms with E-state index in [1.165, 1.54) is 0 Å². The average molecular weight is 468 g/mol. The molecule has 33 heavy (non-hydrogen) atoms. The molecule has 7 heteroatoms. The fourth-order valence-corrected chi connectivity index (χ4v) is 8.06. The van der Waals surface area contributed by atoms with Crippen LogP contribution in [-0.4, -0.2) is 29.7 Å². The van der Waals surface area contributed by atoms with Gasteiger partial charge in [-0.15, -0.1) is 0 Å². The van der Waals surface area contributed by atoms with Gasteiger partial charge in [-0.3, -0.25) is 14.4 Å². The van der Waals surface area contributed by atoms with E-state index in [2.05, 4.69) is 25.2 Å². The van der Waals surface area contributed by atoms with Crippen molar-refractivity contribution in [2.75, 3.05) is 0 Å². The number of carbonyl (C=O) groups excluding carboxylic acids is 3. The van der Waals surface area contributed by atoms with Crippen LogP contribution in [0, 0.1) is 46.3 Å². The molecule has 0 saturated heterocycles. The van der Waals surface area contributed by atoms with Gasteiger partial charge in [0, 0.05) is 29.7 Å². The summed E-state index contributed by atoms with van der Waals surface area (Å²) in [4.78, 5) is 37.2. The maximum absolute atomic E-state index is 13.4. The Morgan fingerprint density at radius 1 is 1.09 bits per heavy atom. The molecule has 0 bridgehead atoms. The minimum atomic E-state index is -4.91. The Labute approximate surface area is 194 Å². The second-order valence-electron chi connectivity index (χ2n) is 11.8. The van der Waals surface area contributed by atoms with E-state index in [1.807, 2.05) is 0 Å². The Hall–Kier alpha value is -1.66. The normalized spacial score (nSPS) is 41.1. The van der Waals surface area contributed by atoms with Crippen molar-refractivity contribution in [2.24, 2.45) is 46.3 Å². The van der Waals surface area contributed by atoms with Gasteiger partial charge in [0.15, 0.2) is 0 Å². The van der Waals surface area contributed by atoms with Gasteiger partial charge in [0.2, 0.25) is 11.7 Å². The fourth-order valence-electron chi connectivity index (χ4n) is 8.06. The van der Waals surface area contributed by atoms with Crippen LogP contribution in [0.25, 0.3) is 0 Å². The minimum absolute atomic E-state index is 0.0313. The lowest BCUT2D eigenvalue weighted by Gasteiger charge is -2.58. The molecule has 1 amide bonds. The summed E-state index contributed by atoms with van der Waals surface area (Å²) in [5.41, 5.74) is -0.325. The summed E-state index contributed by atoms with van der Waals surface area (Å²) in [6.07, 6.45) is 3.84. The molecule has 2 unspecified atom stereocenters. The Balaban J connectivity index is 1.53. The van der Waals surface area contributed by atoms with Gasteiger partial charge in [-0.25, -0.2) is 0 Å². The van der Waals surface area contributed by atoms with Gasteiger partial charge in [-0.05, 0) is 73.7 Å². The molecule has 3 fully saturated rings. The molecule has 4 rings (SSSR count). The molecule has 0 radical (unpaired) electrons. The van der Waals surface area contributed by atoms with Crippen LogP contribution in [0.4, 0.5) is 13.2 Å². The molecule has 0 aromatic carbocycles. The highest BCUT2D eigenvalue weighted by Crippen LogP contribution is 2.65. The molecule has 1 N–H and O–H groups in total. The lowest BCUT2D eigenvalue weighted by atomic mass is 9.47. The first-order valence-corrected chi connectivity index (χ1v) is 12.4. The largest absolute Gasteiger partial charge is 0.450 e. The predicted molar refractivity (Wildman–Crippen MR) is 118 cm³/mol. The summed E-state index contributed by atoms with van der Waals surface area (Å²) in [7, 11) is 0. The highest BCUT2D eigenvalue weighted by atomic mass is 19.4. The number of hydrogen-bond donors (Lipinski definition) is 1. The number of alkyl halides is 3. The van der Waals surface area contributed by atoms with E-state index >= 15 is 0 Å². The molecule has 4 nitrogen and oxygen atoms in total. The van der Waals surface area contributed by atoms with Gasteiger partial charge in [-0.2, -0.15) is 13.2 Å². The van der Waals surface area contributed by atoms with Crippen LogP contribution in [0.15, 0.2) is 12.2 Å². The van der Waals surface area contributed by atoms with Crippen LogP contribution < -0.4 is 5.32 Å². The number of fused-ring (bicyclic) bond motifs is 5. The molecular weight excluding hydrogens is 431 g/mol. The number of ketones is 2. The van der Waals surface area contributed by atoms with Gasteiger partial charge in [0.25, 0.3) is 0 Å². The Bertz CT molecular complexity index is 865. The van der Waals surface area contributed by atoms with Gasteiger partial charge < -0.3 is 5.32 Å². The van der Waals surface area contributed by atoms with E-state index in [9.17, 15) is 27.6 Å². The van der Waals surface area contributed by atoms with E-state index in [1.54, 1.807) is 19.9 Å². The third-order valence-electron chi connectivity index (χ3n) is 9.92. The molecule has 3 aliphatic carbocycles. The van der Waals surface area contributed by atoms with Crippen molar-refractivity contribution in [3.8, 4) is 0 Å². The molecule has 8 atom stereocenters. The summed E-state index contributed by atoms with van der Waals surface area (Å²) in [6, 6.07) is 0.139. The van der Waals surface area contributed by atoms with Crippen molar-refractivity contribution in [3.05, 3.63) is 12.2 Å². The van der Waals surface area contributed by atoms with Crippen molar-refractivity contribution in [3.63, 3.8) is 0 Å². The lowest BCUT2D eigenvalue weighted by molar-refractivity contribution is -0.177. The van der Waals surface area contributed by atoms with Crippen molar-refractivity contribution >= 4 is 17.5 Å². The van der Waals surface area contributed by atoms with Gasteiger partial charge in [-0.1, -0.05) is 33.8 Å².